The minimum Gasteiger partial charge on any atom is -0.496 e. The molecule has 0 bridgehead atoms. The van der Waals surface area contributed by atoms with Gasteiger partial charge in [-0.15, -0.1) is 11.3 Å². The number of anilines is 1. The summed E-state index contributed by atoms with van der Waals surface area (Å²) in [5.74, 6) is 0.177. The molecular weight excluding hydrogens is 374 g/mol. The highest BCUT2D eigenvalue weighted by atomic mass is 35.5. The molecule has 0 aliphatic heterocycles. The Hall–Kier alpha value is -2.05. The van der Waals surface area contributed by atoms with Crippen LogP contribution in [0.4, 0.5) is 5.00 Å². The summed E-state index contributed by atoms with van der Waals surface area (Å²) in [6.07, 6.45) is 2.73. The molecule has 5 nitrogen and oxygen atoms in total. The van der Waals surface area contributed by atoms with E-state index in [-0.39, 0.29) is 5.91 Å². The number of hydrogen-bond acceptors (Lipinski definition) is 5. The van der Waals surface area contributed by atoms with Gasteiger partial charge in [0.1, 0.15) is 10.8 Å². The number of carbonyl (C=O) groups excluding carboxylic acids is 2. The zero-order valence-electron chi connectivity index (χ0n) is 14.8. The van der Waals surface area contributed by atoms with Crippen LogP contribution >= 0.6 is 22.9 Å². The maximum atomic E-state index is 12.8. The maximum absolute atomic E-state index is 12.8. The third-order valence-corrected chi connectivity index (χ3v) is 5.94. The predicted molar refractivity (Wildman–Crippen MR) is 103 cm³/mol. The number of fused-ring (bicyclic) bond motifs is 1. The molecule has 0 radical (unpaired) electrons. The van der Waals surface area contributed by atoms with E-state index in [0.29, 0.717) is 32.8 Å². The van der Waals surface area contributed by atoms with Crippen molar-refractivity contribution in [3.8, 4) is 5.75 Å². The van der Waals surface area contributed by atoms with Gasteiger partial charge in [-0.05, 0) is 48.9 Å². The summed E-state index contributed by atoms with van der Waals surface area (Å²) >= 11 is 7.46. The first kappa shape index (κ1) is 18.7. The van der Waals surface area contributed by atoms with Crippen LogP contribution in [0.1, 0.15) is 44.5 Å². The van der Waals surface area contributed by atoms with E-state index in [2.05, 4.69) is 12.2 Å². The lowest BCUT2D eigenvalue weighted by atomic mass is 9.88. The van der Waals surface area contributed by atoms with Gasteiger partial charge in [-0.25, -0.2) is 4.79 Å². The molecule has 2 aromatic rings. The van der Waals surface area contributed by atoms with Gasteiger partial charge in [0.25, 0.3) is 5.91 Å². The average molecular weight is 394 g/mol. The third-order valence-electron chi connectivity index (χ3n) is 4.53. The Bertz CT molecular complexity index is 861. The number of carbonyl (C=O) groups is 2. The molecule has 3 rings (SSSR count). The maximum Gasteiger partial charge on any atom is 0.341 e. The van der Waals surface area contributed by atoms with Gasteiger partial charge in [0.05, 0.1) is 25.3 Å². The standard InChI is InChI=1S/C19H20ClNO4S/c1-10-4-6-12-15(8-10)26-18(16(12)19(23)25-3)21-17(22)13-9-11(20)5-7-14(13)24-2/h5,7,9-10H,4,6,8H2,1-3H3,(H,21,22). The van der Waals surface area contributed by atoms with Gasteiger partial charge in [-0.2, -0.15) is 0 Å². The van der Waals surface area contributed by atoms with Crippen molar-refractivity contribution < 1.29 is 19.1 Å². The van der Waals surface area contributed by atoms with E-state index >= 15 is 0 Å². The fourth-order valence-corrected chi connectivity index (χ4v) is 4.75. The third kappa shape index (κ3) is 3.57. The van der Waals surface area contributed by atoms with Crippen molar-refractivity contribution in [1.82, 2.24) is 0 Å². The largest absolute Gasteiger partial charge is 0.496 e. The van der Waals surface area contributed by atoms with Crippen LogP contribution in [-0.2, 0) is 17.6 Å². The lowest BCUT2D eigenvalue weighted by Crippen LogP contribution is -2.16. The van der Waals surface area contributed by atoms with Crippen molar-refractivity contribution in [1.29, 1.82) is 0 Å². The van der Waals surface area contributed by atoms with E-state index in [0.717, 1.165) is 29.7 Å². The molecule has 0 fully saturated rings. The van der Waals surface area contributed by atoms with E-state index in [1.54, 1.807) is 18.2 Å². The molecule has 0 spiro atoms. The summed E-state index contributed by atoms with van der Waals surface area (Å²) in [6, 6.07) is 4.84. The lowest BCUT2D eigenvalue weighted by molar-refractivity contribution is 0.0601. The molecule has 1 N–H and O–H groups in total. The second-order valence-electron chi connectivity index (χ2n) is 6.35. The number of methoxy groups -OCH3 is 2. The van der Waals surface area contributed by atoms with Gasteiger partial charge in [0.2, 0.25) is 0 Å². The van der Waals surface area contributed by atoms with Gasteiger partial charge >= 0.3 is 5.97 Å². The second kappa shape index (κ2) is 7.68. The van der Waals surface area contributed by atoms with Crippen LogP contribution in [0.25, 0.3) is 0 Å². The highest BCUT2D eigenvalue weighted by Gasteiger charge is 2.29. The van der Waals surface area contributed by atoms with Crippen LogP contribution in [0.15, 0.2) is 18.2 Å². The summed E-state index contributed by atoms with van der Waals surface area (Å²) in [5.41, 5.74) is 1.78. The second-order valence-corrected chi connectivity index (χ2v) is 7.89. The van der Waals surface area contributed by atoms with Crippen molar-refractivity contribution >= 4 is 39.8 Å². The summed E-state index contributed by atoms with van der Waals surface area (Å²) in [6.45, 7) is 2.19. The van der Waals surface area contributed by atoms with Gasteiger partial charge in [0.15, 0.2) is 0 Å². The van der Waals surface area contributed by atoms with Crippen LogP contribution in [0.5, 0.6) is 5.75 Å². The zero-order valence-corrected chi connectivity index (χ0v) is 16.4. The number of esters is 1. The Balaban J connectivity index is 1.98. The van der Waals surface area contributed by atoms with Crippen LogP contribution in [0, 0.1) is 5.92 Å². The molecule has 26 heavy (non-hydrogen) atoms. The molecule has 1 amide bonds. The number of benzene rings is 1. The highest BCUT2D eigenvalue weighted by Crippen LogP contribution is 2.40. The Morgan fingerprint density at radius 3 is 2.77 bits per heavy atom. The summed E-state index contributed by atoms with van der Waals surface area (Å²) in [4.78, 5) is 26.3. The molecule has 1 aromatic carbocycles. The number of halogens is 1. The van der Waals surface area contributed by atoms with E-state index in [1.807, 2.05) is 0 Å². The molecular formula is C19H20ClNO4S. The Labute approximate surface area is 161 Å². The van der Waals surface area contributed by atoms with Crippen LogP contribution in [-0.4, -0.2) is 26.1 Å². The molecule has 138 valence electrons. The number of nitrogens with one attached hydrogen (secondary N) is 1. The first-order valence-electron chi connectivity index (χ1n) is 8.32. The number of amides is 1. The van der Waals surface area contributed by atoms with Crippen molar-refractivity contribution in [3.63, 3.8) is 0 Å². The van der Waals surface area contributed by atoms with Crippen LogP contribution < -0.4 is 10.1 Å². The van der Waals surface area contributed by atoms with Gasteiger partial charge in [0, 0.05) is 9.90 Å². The van der Waals surface area contributed by atoms with Gasteiger partial charge in [-0.3, -0.25) is 4.79 Å². The van der Waals surface area contributed by atoms with E-state index in [1.165, 1.54) is 25.6 Å². The molecule has 7 heteroatoms. The summed E-state index contributed by atoms with van der Waals surface area (Å²) in [5, 5.41) is 3.81. The molecule has 1 aliphatic rings. The van der Waals surface area contributed by atoms with Gasteiger partial charge in [-0.1, -0.05) is 18.5 Å². The highest BCUT2D eigenvalue weighted by molar-refractivity contribution is 7.17. The van der Waals surface area contributed by atoms with Crippen LogP contribution in [0.2, 0.25) is 5.02 Å². The zero-order chi connectivity index (χ0) is 18.8. The molecule has 0 saturated heterocycles. The van der Waals surface area contributed by atoms with Crippen molar-refractivity contribution in [3.05, 3.63) is 44.8 Å². The van der Waals surface area contributed by atoms with Crippen molar-refractivity contribution in [2.75, 3.05) is 19.5 Å². The number of thiophene rings is 1. The average Bonchev–Trinajstić information content (AvgIpc) is 2.97. The first-order valence-corrected chi connectivity index (χ1v) is 9.51. The Morgan fingerprint density at radius 1 is 1.31 bits per heavy atom. The Morgan fingerprint density at radius 2 is 2.08 bits per heavy atom. The smallest absolute Gasteiger partial charge is 0.341 e. The lowest BCUT2D eigenvalue weighted by Gasteiger charge is -2.18. The van der Waals surface area contributed by atoms with E-state index in [4.69, 9.17) is 21.1 Å². The molecule has 1 aliphatic carbocycles. The van der Waals surface area contributed by atoms with E-state index < -0.39 is 5.97 Å². The molecule has 0 saturated carbocycles. The molecule has 1 heterocycles. The topological polar surface area (TPSA) is 64.6 Å². The van der Waals surface area contributed by atoms with Gasteiger partial charge < -0.3 is 14.8 Å². The first-order chi connectivity index (χ1) is 12.4. The molecule has 1 atom stereocenters. The number of ether oxygens (including phenoxy) is 2. The predicted octanol–water partition coefficient (Wildman–Crippen LogP) is 4.57. The monoisotopic (exact) mass is 393 g/mol. The van der Waals surface area contributed by atoms with Crippen molar-refractivity contribution in [2.45, 2.75) is 26.2 Å². The normalized spacial score (nSPS) is 15.9. The fraction of sp³-hybridized carbons (Fsp3) is 0.368. The fourth-order valence-electron chi connectivity index (χ4n) is 3.18. The van der Waals surface area contributed by atoms with Crippen LogP contribution in [0.3, 0.4) is 0 Å². The summed E-state index contributed by atoms with van der Waals surface area (Å²) in [7, 11) is 2.84. The SMILES string of the molecule is COC(=O)c1c(NC(=O)c2cc(Cl)ccc2OC)sc2c1CCC(C)C2. The van der Waals surface area contributed by atoms with Crippen molar-refractivity contribution in [2.24, 2.45) is 5.92 Å². The number of rotatable bonds is 4. The molecule has 1 unspecified atom stereocenters. The minimum atomic E-state index is -0.426. The summed E-state index contributed by atoms with van der Waals surface area (Å²) < 4.78 is 10.2. The molecule has 1 aromatic heterocycles. The Kier molecular flexibility index (Phi) is 5.53. The number of hydrogen-bond donors (Lipinski definition) is 1. The quantitative estimate of drug-likeness (QED) is 0.772. The minimum absolute atomic E-state index is 0.315. The van der Waals surface area contributed by atoms with E-state index in [9.17, 15) is 9.59 Å².